The molecule has 3 unspecified atom stereocenters. The van der Waals surface area contributed by atoms with Crippen LogP contribution in [0.5, 0.6) is 0 Å². The van der Waals surface area contributed by atoms with Gasteiger partial charge < -0.3 is 15.3 Å². The van der Waals surface area contributed by atoms with Crippen LogP contribution in [-0.2, 0) is 13.0 Å². The van der Waals surface area contributed by atoms with E-state index >= 15 is 0 Å². The van der Waals surface area contributed by atoms with Crippen LogP contribution in [0.2, 0.25) is 0 Å². The van der Waals surface area contributed by atoms with E-state index in [1.807, 2.05) is 17.0 Å². The summed E-state index contributed by atoms with van der Waals surface area (Å²) in [6, 6.07) is 4.22. The van der Waals surface area contributed by atoms with Crippen molar-refractivity contribution >= 4 is 6.03 Å². The highest BCUT2D eigenvalue weighted by Gasteiger charge is 2.42. The molecule has 4 rings (SSSR count). The summed E-state index contributed by atoms with van der Waals surface area (Å²) >= 11 is 0. The van der Waals surface area contributed by atoms with E-state index in [4.69, 9.17) is 0 Å². The maximum Gasteiger partial charge on any atom is 0.317 e. The van der Waals surface area contributed by atoms with Gasteiger partial charge in [-0.25, -0.2) is 4.79 Å². The first-order chi connectivity index (χ1) is 10.7. The molecule has 2 saturated heterocycles. The lowest BCUT2D eigenvalue weighted by atomic mass is 9.73. The number of amides is 2. The number of fused-ring (bicyclic) bond motifs is 3. The van der Waals surface area contributed by atoms with E-state index in [0.29, 0.717) is 12.5 Å². The van der Waals surface area contributed by atoms with E-state index in [1.165, 1.54) is 12.0 Å². The topological polar surface area (TPSA) is 65.5 Å². The zero-order chi connectivity index (χ0) is 15.5. The molecule has 2 amide bonds. The molecule has 0 aromatic carbocycles. The Morgan fingerprint density at radius 3 is 3.09 bits per heavy atom. The minimum atomic E-state index is -0.0171. The lowest BCUT2D eigenvalue weighted by Gasteiger charge is -2.49. The van der Waals surface area contributed by atoms with Crippen molar-refractivity contribution in [2.75, 3.05) is 13.2 Å². The second kappa shape index (κ2) is 6.65. The van der Waals surface area contributed by atoms with E-state index in [2.05, 4.69) is 17.2 Å². The predicted octanol–water partition coefficient (Wildman–Crippen LogP) is 1.95. The van der Waals surface area contributed by atoms with Crippen LogP contribution in [0.25, 0.3) is 0 Å². The van der Waals surface area contributed by atoms with Crippen LogP contribution in [0.15, 0.2) is 18.3 Å². The number of carbonyl (C=O) groups is 1. The van der Waals surface area contributed by atoms with Gasteiger partial charge in [-0.2, -0.15) is 0 Å². The number of pyridine rings is 1. The van der Waals surface area contributed by atoms with E-state index in [1.54, 1.807) is 6.20 Å². The molecule has 2 aliphatic heterocycles. The smallest absolute Gasteiger partial charge is 0.317 e. The molecule has 22 heavy (non-hydrogen) atoms. The maximum atomic E-state index is 12.5. The zero-order valence-corrected chi connectivity index (χ0v) is 13.2. The standard InChI is InChI=1S/C17H25N3O2/c1-2-12-5-6-18-15(8-12)9-19-17(22)20-10-13-3-4-16(20)14(7-13)11-21/h5-6,8,13-14,16,21H,2-4,7,9-11H2,1H3,(H,19,22). The molecule has 1 saturated carbocycles. The zero-order valence-electron chi connectivity index (χ0n) is 13.2. The number of hydrogen-bond donors (Lipinski definition) is 2. The molecule has 3 atom stereocenters. The van der Waals surface area contributed by atoms with Crippen LogP contribution in [-0.4, -0.2) is 40.2 Å². The summed E-state index contributed by atoms with van der Waals surface area (Å²) in [7, 11) is 0. The fraction of sp³-hybridized carbons (Fsp3) is 0.647. The second-order valence-corrected chi connectivity index (χ2v) is 6.51. The highest BCUT2D eigenvalue weighted by Crippen LogP contribution is 2.38. The van der Waals surface area contributed by atoms with Crippen LogP contribution in [0.3, 0.4) is 0 Å². The number of aryl methyl sites for hydroxylation is 1. The Bertz CT molecular complexity index is 534. The number of rotatable bonds is 4. The van der Waals surface area contributed by atoms with Crippen LogP contribution in [0.1, 0.15) is 37.4 Å². The Labute approximate surface area is 131 Å². The molecule has 0 spiro atoms. The van der Waals surface area contributed by atoms with Crippen molar-refractivity contribution in [3.8, 4) is 0 Å². The average Bonchev–Trinajstić information content (AvgIpc) is 2.60. The number of aliphatic hydroxyl groups is 1. The molecule has 3 aliphatic rings. The molecule has 5 nitrogen and oxygen atoms in total. The summed E-state index contributed by atoms with van der Waals surface area (Å²) < 4.78 is 0. The van der Waals surface area contributed by atoms with Gasteiger partial charge in [-0.1, -0.05) is 6.92 Å². The van der Waals surface area contributed by atoms with Gasteiger partial charge in [0.25, 0.3) is 0 Å². The molecule has 120 valence electrons. The summed E-state index contributed by atoms with van der Waals surface area (Å²) in [6.45, 7) is 3.59. The Hall–Kier alpha value is -1.62. The number of piperidine rings is 2. The van der Waals surface area contributed by atoms with Crippen molar-refractivity contribution in [1.29, 1.82) is 0 Å². The SMILES string of the molecule is CCc1ccnc(CNC(=O)N2CC3CCC2C(CO)C3)c1. The first kappa shape index (κ1) is 15.3. The molecule has 2 bridgehead atoms. The molecule has 1 aliphatic carbocycles. The summed E-state index contributed by atoms with van der Waals surface area (Å²) in [5.74, 6) is 0.800. The molecular weight excluding hydrogens is 278 g/mol. The van der Waals surface area contributed by atoms with Crippen molar-refractivity contribution < 1.29 is 9.90 Å². The minimum Gasteiger partial charge on any atom is -0.396 e. The van der Waals surface area contributed by atoms with Gasteiger partial charge in [0.1, 0.15) is 0 Å². The van der Waals surface area contributed by atoms with Gasteiger partial charge in [0.05, 0.1) is 12.2 Å². The molecule has 1 aromatic heterocycles. The normalized spacial score (nSPS) is 27.0. The van der Waals surface area contributed by atoms with Gasteiger partial charge in [0.2, 0.25) is 0 Å². The largest absolute Gasteiger partial charge is 0.396 e. The summed E-state index contributed by atoms with van der Waals surface area (Å²) in [5, 5.41) is 12.5. The number of aromatic nitrogens is 1. The van der Waals surface area contributed by atoms with Crippen molar-refractivity contribution in [2.45, 2.75) is 45.2 Å². The number of hydrogen-bond acceptors (Lipinski definition) is 3. The number of nitrogens with one attached hydrogen (secondary N) is 1. The fourth-order valence-electron chi connectivity index (χ4n) is 3.88. The third-order valence-corrected chi connectivity index (χ3v) is 5.11. The van der Waals surface area contributed by atoms with Gasteiger partial charge >= 0.3 is 6.03 Å². The van der Waals surface area contributed by atoms with Crippen molar-refractivity contribution in [1.82, 2.24) is 15.2 Å². The third-order valence-electron chi connectivity index (χ3n) is 5.11. The van der Waals surface area contributed by atoms with Crippen molar-refractivity contribution in [3.05, 3.63) is 29.6 Å². The first-order valence-corrected chi connectivity index (χ1v) is 8.30. The molecule has 2 N–H and O–H groups in total. The van der Waals surface area contributed by atoms with Gasteiger partial charge in [0.15, 0.2) is 0 Å². The van der Waals surface area contributed by atoms with E-state index < -0.39 is 0 Å². The monoisotopic (exact) mass is 303 g/mol. The quantitative estimate of drug-likeness (QED) is 0.893. The molecular formula is C17H25N3O2. The van der Waals surface area contributed by atoms with Crippen LogP contribution in [0.4, 0.5) is 4.79 Å². The van der Waals surface area contributed by atoms with Gasteiger partial charge in [0, 0.05) is 31.3 Å². The van der Waals surface area contributed by atoms with Crippen LogP contribution >= 0.6 is 0 Å². The minimum absolute atomic E-state index is 0.0171. The Morgan fingerprint density at radius 1 is 1.50 bits per heavy atom. The molecule has 0 radical (unpaired) electrons. The number of aliphatic hydroxyl groups excluding tert-OH is 1. The summed E-state index contributed by atoms with van der Waals surface area (Å²) in [4.78, 5) is 18.7. The predicted molar refractivity (Wildman–Crippen MR) is 84.3 cm³/mol. The molecule has 1 aromatic rings. The molecule has 3 heterocycles. The van der Waals surface area contributed by atoms with Gasteiger partial charge in [-0.15, -0.1) is 0 Å². The van der Waals surface area contributed by atoms with Crippen molar-refractivity contribution in [2.24, 2.45) is 11.8 Å². The summed E-state index contributed by atoms with van der Waals surface area (Å²) in [5.41, 5.74) is 2.13. The Balaban J connectivity index is 1.60. The Kier molecular flexibility index (Phi) is 4.62. The lowest BCUT2D eigenvalue weighted by molar-refractivity contribution is 0.00386. The van der Waals surface area contributed by atoms with E-state index in [0.717, 1.165) is 31.5 Å². The molecule has 5 heteroatoms. The van der Waals surface area contributed by atoms with Gasteiger partial charge in [-0.05, 0) is 49.3 Å². The highest BCUT2D eigenvalue weighted by atomic mass is 16.3. The number of urea groups is 1. The van der Waals surface area contributed by atoms with E-state index in [-0.39, 0.29) is 24.6 Å². The highest BCUT2D eigenvalue weighted by molar-refractivity contribution is 5.74. The average molecular weight is 303 g/mol. The molecule has 3 fully saturated rings. The first-order valence-electron chi connectivity index (χ1n) is 8.30. The van der Waals surface area contributed by atoms with E-state index in [9.17, 15) is 9.90 Å². The number of carbonyl (C=O) groups excluding carboxylic acids is 1. The lowest BCUT2D eigenvalue weighted by Crippen LogP contribution is -2.58. The number of nitrogens with zero attached hydrogens (tertiary/aromatic N) is 2. The summed E-state index contributed by atoms with van der Waals surface area (Å²) in [6.07, 6.45) is 6.03. The van der Waals surface area contributed by atoms with Crippen LogP contribution in [0, 0.1) is 11.8 Å². The Morgan fingerprint density at radius 2 is 2.36 bits per heavy atom. The van der Waals surface area contributed by atoms with Crippen molar-refractivity contribution in [3.63, 3.8) is 0 Å². The fourth-order valence-corrected chi connectivity index (χ4v) is 3.88. The van der Waals surface area contributed by atoms with Gasteiger partial charge in [-0.3, -0.25) is 4.98 Å². The van der Waals surface area contributed by atoms with Crippen LogP contribution < -0.4 is 5.32 Å². The second-order valence-electron chi connectivity index (χ2n) is 6.51. The maximum absolute atomic E-state index is 12.5. The third kappa shape index (κ3) is 3.09.